The molecule has 1 aromatic heterocycles. The highest BCUT2D eigenvalue weighted by Crippen LogP contribution is 2.27. The maximum Gasteiger partial charge on any atom is 0.143 e. The minimum Gasteiger partial charge on any atom is -0.491 e. The lowest BCUT2D eigenvalue weighted by molar-refractivity contribution is 0.354. The molecule has 11 heavy (non-hydrogen) atoms. The van der Waals surface area contributed by atoms with E-state index in [1.807, 2.05) is 6.92 Å². The molecule has 0 aromatic carbocycles. The Bertz CT molecular complexity index is 294. The summed E-state index contributed by atoms with van der Waals surface area (Å²) in [5.41, 5.74) is 3.43. The second kappa shape index (κ2) is 2.22. The van der Waals surface area contributed by atoms with Gasteiger partial charge in [-0.05, 0) is 25.5 Å². The van der Waals surface area contributed by atoms with Gasteiger partial charge in [0.25, 0.3) is 0 Å². The zero-order valence-corrected chi connectivity index (χ0v) is 6.85. The van der Waals surface area contributed by atoms with Crippen molar-refractivity contribution in [2.24, 2.45) is 0 Å². The maximum atomic E-state index is 5.42. The lowest BCUT2D eigenvalue weighted by Crippen LogP contribution is -1.89. The summed E-state index contributed by atoms with van der Waals surface area (Å²) in [6.45, 7) is 4.89. The molecule has 2 heteroatoms. The Morgan fingerprint density at radius 1 is 1.45 bits per heavy atom. The Labute approximate surface area is 66.2 Å². The summed E-state index contributed by atoms with van der Waals surface area (Å²) in [6.07, 6.45) is 0.970. The molecule has 0 atom stereocenters. The van der Waals surface area contributed by atoms with Crippen LogP contribution in [0.2, 0.25) is 0 Å². The molecule has 2 rings (SSSR count). The predicted octanol–water partition coefficient (Wildman–Crippen LogP) is 1.63. The van der Waals surface area contributed by atoms with E-state index in [1.165, 1.54) is 5.56 Å². The standard InChI is InChI=1S/C9H11NO/c1-6-5-7(2)10-8-3-4-11-9(6)8/h5H,3-4H2,1-2H3. The fourth-order valence-corrected chi connectivity index (χ4v) is 1.52. The summed E-state index contributed by atoms with van der Waals surface area (Å²) >= 11 is 0. The van der Waals surface area contributed by atoms with Crippen LogP contribution in [0, 0.1) is 13.8 Å². The first-order valence-corrected chi connectivity index (χ1v) is 3.87. The zero-order valence-electron chi connectivity index (χ0n) is 6.85. The van der Waals surface area contributed by atoms with Gasteiger partial charge in [0, 0.05) is 12.1 Å². The number of fused-ring (bicyclic) bond motifs is 1. The Hall–Kier alpha value is -1.05. The van der Waals surface area contributed by atoms with E-state index in [0.29, 0.717) is 0 Å². The van der Waals surface area contributed by atoms with Crippen molar-refractivity contribution in [2.75, 3.05) is 6.61 Å². The molecule has 0 aliphatic carbocycles. The van der Waals surface area contributed by atoms with Crippen LogP contribution in [0.25, 0.3) is 0 Å². The molecule has 0 saturated heterocycles. The summed E-state index contributed by atoms with van der Waals surface area (Å²) in [6, 6.07) is 2.06. The van der Waals surface area contributed by atoms with Gasteiger partial charge in [-0.15, -0.1) is 0 Å². The van der Waals surface area contributed by atoms with Crippen LogP contribution in [0.1, 0.15) is 17.0 Å². The quantitative estimate of drug-likeness (QED) is 0.559. The van der Waals surface area contributed by atoms with Crippen LogP contribution in [0.15, 0.2) is 6.07 Å². The Kier molecular flexibility index (Phi) is 1.34. The van der Waals surface area contributed by atoms with Crippen LogP contribution in [0.5, 0.6) is 5.75 Å². The number of ether oxygens (including phenoxy) is 1. The Morgan fingerprint density at radius 2 is 2.27 bits per heavy atom. The summed E-state index contributed by atoms with van der Waals surface area (Å²) < 4.78 is 5.42. The summed E-state index contributed by atoms with van der Waals surface area (Å²) in [4.78, 5) is 4.39. The van der Waals surface area contributed by atoms with Crippen LogP contribution in [-0.2, 0) is 6.42 Å². The van der Waals surface area contributed by atoms with E-state index in [9.17, 15) is 0 Å². The molecule has 0 spiro atoms. The third-order valence-electron chi connectivity index (χ3n) is 1.94. The third-order valence-corrected chi connectivity index (χ3v) is 1.94. The van der Waals surface area contributed by atoms with Crippen LogP contribution >= 0.6 is 0 Å². The van der Waals surface area contributed by atoms with Crippen molar-refractivity contribution in [1.82, 2.24) is 4.98 Å². The van der Waals surface area contributed by atoms with Gasteiger partial charge in [0.15, 0.2) is 0 Å². The molecule has 0 bridgehead atoms. The highest BCUT2D eigenvalue weighted by molar-refractivity contribution is 5.40. The van der Waals surface area contributed by atoms with Gasteiger partial charge >= 0.3 is 0 Å². The van der Waals surface area contributed by atoms with Crippen LogP contribution in [0.4, 0.5) is 0 Å². The van der Waals surface area contributed by atoms with Gasteiger partial charge < -0.3 is 4.74 Å². The van der Waals surface area contributed by atoms with Gasteiger partial charge in [0.2, 0.25) is 0 Å². The molecule has 0 unspecified atom stereocenters. The highest BCUT2D eigenvalue weighted by Gasteiger charge is 2.15. The molecule has 0 saturated carbocycles. The second-order valence-corrected chi connectivity index (χ2v) is 2.95. The van der Waals surface area contributed by atoms with Gasteiger partial charge in [0.05, 0.1) is 12.3 Å². The first-order chi connectivity index (χ1) is 5.27. The highest BCUT2D eigenvalue weighted by atomic mass is 16.5. The molecule has 58 valence electrons. The number of rotatable bonds is 0. The molecule has 1 aliphatic heterocycles. The minimum absolute atomic E-state index is 0.798. The Balaban J connectivity index is 2.60. The topological polar surface area (TPSA) is 22.1 Å². The SMILES string of the molecule is Cc1cc(C)c2c(n1)CCO2. The largest absolute Gasteiger partial charge is 0.491 e. The van der Waals surface area contributed by atoms with Crippen LogP contribution in [-0.4, -0.2) is 11.6 Å². The van der Waals surface area contributed by atoms with Crippen LogP contribution < -0.4 is 4.74 Å². The molecular formula is C9H11NO. The first-order valence-electron chi connectivity index (χ1n) is 3.87. The van der Waals surface area contributed by atoms with E-state index >= 15 is 0 Å². The van der Waals surface area contributed by atoms with E-state index in [1.54, 1.807) is 0 Å². The number of aryl methyl sites for hydroxylation is 2. The number of hydrogen-bond donors (Lipinski definition) is 0. The summed E-state index contributed by atoms with van der Waals surface area (Å²) in [7, 11) is 0. The molecular weight excluding hydrogens is 138 g/mol. The first kappa shape index (κ1) is 6.65. The summed E-state index contributed by atoms with van der Waals surface area (Å²) in [5, 5.41) is 0. The smallest absolute Gasteiger partial charge is 0.143 e. The van der Waals surface area contributed by atoms with Gasteiger partial charge in [-0.1, -0.05) is 0 Å². The number of nitrogens with zero attached hydrogens (tertiary/aromatic N) is 1. The normalized spacial score (nSPS) is 14.4. The van der Waals surface area contributed by atoms with E-state index in [4.69, 9.17) is 4.74 Å². The van der Waals surface area contributed by atoms with E-state index in [-0.39, 0.29) is 0 Å². The summed E-state index contributed by atoms with van der Waals surface area (Å²) in [5.74, 6) is 1.01. The van der Waals surface area contributed by atoms with Crippen molar-refractivity contribution in [3.05, 3.63) is 23.0 Å². The van der Waals surface area contributed by atoms with E-state index in [0.717, 1.165) is 30.2 Å². The van der Waals surface area contributed by atoms with Gasteiger partial charge in [-0.2, -0.15) is 0 Å². The van der Waals surface area contributed by atoms with Crippen molar-refractivity contribution in [3.8, 4) is 5.75 Å². The molecule has 0 amide bonds. The predicted molar refractivity (Wildman–Crippen MR) is 42.9 cm³/mol. The maximum absolute atomic E-state index is 5.42. The van der Waals surface area contributed by atoms with Crippen molar-refractivity contribution in [3.63, 3.8) is 0 Å². The molecule has 0 N–H and O–H groups in total. The van der Waals surface area contributed by atoms with Gasteiger partial charge in [-0.3, -0.25) is 4.98 Å². The average molecular weight is 149 g/mol. The fraction of sp³-hybridized carbons (Fsp3) is 0.444. The number of pyridine rings is 1. The molecule has 2 heterocycles. The third kappa shape index (κ3) is 0.985. The molecule has 1 aromatic rings. The van der Waals surface area contributed by atoms with Gasteiger partial charge in [0.1, 0.15) is 5.75 Å². The van der Waals surface area contributed by atoms with Gasteiger partial charge in [-0.25, -0.2) is 0 Å². The fourth-order valence-electron chi connectivity index (χ4n) is 1.52. The molecule has 1 aliphatic rings. The number of aromatic nitrogens is 1. The van der Waals surface area contributed by atoms with Crippen LogP contribution in [0.3, 0.4) is 0 Å². The van der Waals surface area contributed by atoms with Crippen molar-refractivity contribution >= 4 is 0 Å². The van der Waals surface area contributed by atoms with E-state index in [2.05, 4.69) is 18.0 Å². The average Bonchev–Trinajstić information content (AvgIpc) is 2.34. The zero-order chi connectivity index (χ0) is 7.84. The van der Waals surface area contributed by atoms with Crippen molar-refractivity contribution in [1.29, 1.82) is 0 Å². The Morgan fingerprint density at radius 3 is 3.09 bits per heavy atom. The van der Waals surface area contributed by atoms with Crippen molar-refractivity contribution in [2.45, 2.75) is 20.3 Å². The lowest BCUT2D eigenvalue weighted by Gasteiger charge is -2.02. The minimum atomic E-state index is 0.798. The molecule has 0 radical (unpaired) electrons. The van der Waals surface area contributed by atoms with E-state index < -0.39 is 0 Å². The molecule has 0 fully saturated rings. The lowest BCUT2D eigenvalue weighted by atomic mass is 10.2. The monoisotopic (exact) mass is 149 g/mol. The molecule has 2 nitrogen and oxygen atoms in total. The van der Waals surface area contributed by atoms with Crippen molar-refractivity contribution < 1.29 is 4.74 Å². The number of hydrogen-bond acceptors (Lipinski definition) is 2. The second-order valence-electron chi connectivity index (χ2n) is 2.95.